The molecule has 6 nitrogen and oxygen atoms in total. The van der Waals surface area contributed by atoms with Crippen LogP contribution in [0.25, 0.3) is 0 Å². The SMILES string of the molecule is COC(=O)c1sccc1S(=O)(=O)NC(C)CN. The average Bonchev–Trinajstić information content (AvgIpc) is 2.76. The minimum absolute atomic E-state index is 0.0595. The number of nitrogens with two attached hydrogens (primary N) is 1. The number of carbonyl (C=O) groups is 1. The third-order valence-electron chi connectivity index (χ3n) is 2.00. The topological polar surface area (TPSA) is 98.5 Å². The molecule has 3 N–H and O–H groups in total. The van der Waals surface area contributed by atoms with Crippen LogP contribution in [0.3, 0.4) is 0 Å². The molecule has 1 unspecified atom stereocenters. The Morgan fingerprint density at radius 1 is 1.65 bits per heavy atom. The summed E-state index contributed by atoms with van der Waals surface area (Å²) in [5.74, 6) is -0.666. The number of hydrogen-bond acceptors (Lipinski definition) is 6. The van der Waals surface area contributed by atoms with Gasteiger partial charge >= 0.3 is 5.97 Å². The van der Waals surface area contributed by atoms with E-state index >= 15 is 0 Å². The van der Waals surface area contributed by atoms with Crippen LogP contribution in [0.15, 0.2) is 16.3 Å². The normalized spacial score (nSPS) is 13.4. The number of methoxy groups -OCH3 is 1. The summed E-state index contributed by atoms with van der Waals surface area (Å²) in [7, 11) is -2.53. The van der Waals surface area contributed by atoms with Crippen LogP contribution in [0.5, 0.6) is 0 Å². The zero-order valence-electron chi connectivity index (χ0n) is 9.47. The lowest BCUT2D eigenvalue weighted by Crippen LogP contribution is -2.38. The first-order valence-electron chi connectivity index (χ1n) is 4.80. The first kappa shape index (κ1) is 14.1. The van der Waals surface area contributed by atoms with Crippen molar-refractivity contribution in [3.63, 3.8) is 0 Å². The third kappa shape index (κ3) is 3.25. The van der Waals surface area contributed by atoms with Gasteiger partial charge in [0.25, 0.3) is 0 Å². The molecule has 0 saturated heterocycles. The smallest absolute Gasteiger partial charge is 0.349 e. The molecule has 0 amide bonds. The molecule has 0 saturated carbocycles. The Labute approximate surface area is 104 Å². The Morgan fingerprint density at radius 2 is 2.29 bits per heavy atom. The lowest BCUT2D eigenvalue weighted by atomic mass is 10.4. The first-order valence-corrected chi connectivity index (χ1v) is 7.17. The molecule has 1 atom stereocenters. The van der Waals surface area contributed by atoms with Gasteiger partial charge in [0.1, 0.15) is 9.77 Å². The summed E-state index contributed by atoms with van der Waals surface area (Å²) in [6, 6.07) is 0.966. The maximum absolute atomic E-state index is 11.9. The fourth-order valence-corrected chi connectivity index (χ4v) is 3.72. The van der Waals surface area contributed by atoms with Crippen molar-refractivity contribution in [1.82, 2.24) is 4.72 Å². The van der Waals surface area contributed by atoms with Gasteiger partial charge in [0.2, 0.25) is 10.0 Å². The highest BCUT2D eigenvalue weighted by Crippen LogP contribution is 2.22. The standard InChI is InChI=1S/C9H14N2O4S2/c1-6(5-10)11-17(13,14)7-3-4-16-8(7)9(12)15-2/h3-4,6,11H,5,10H2,1-2H3. The van der Waals surface area contributed by atoms with Gasteiger partial charge in [-0.2, -0.15) is 0 Å². The van der Waals surface area contributed by atoms with Gasteiger partial charge in [-0.05, 0) is 18.4 Å². The van der Waals surface area contributed by atoms with Gasteiger partial charge in [0.05, 0.1) is 7.11 Å². The van der Waals surface area contributed by atoms with Crippen molar-refractivity contribution in [2.75, 3.05) is 13.7 Å². The summed E-state index contributed by atoms with van der Waals surface area (Å²) in [4.78, 5) is 11.4. The number of carbonyl (C=O) groups excluding carboxylic acids is 1. The largest absolute Gasteiger partial charge is 0.465 e. The van der Waals surface area contributed by atoms with Crippen molar-refractivity contribution in [2.45, 2.75) is 17.9 Å². The molecule has 0 radical (unpaired) electrons. The fourth-order valence-electron chi connectivity index (χ4n) is 1.13. The number of ether oxygens (including phenoxy) is 1. The Balaban J connectivity index is 3.08. The van der Waals surface area contributed by atoms with Crippen molar-refractivity contribution >= 4 is 27.3 Å². The van der Waals surface area contributed by atoms with Gasteiger partial charge < -0.3 is 10.5 Å². The molecule has 8 heteroatoms. The predicted octanol–water partition coefficient (Wildman–Crippen LogP) is 0.160. The molecule has 0 aromatic carbocycles. The second kappa shape index (κ2) is 5.58. The number of esters is 1. The van der Waals surface area contributed by atoms with Crippen LogP contribution in [0.4, 0.5) is 0 Å². The van der Waals surface area contributed by atoms with E-state index in [0.29, 0.717) is 0 Å². The zero-order valence-corrected chi connectivity index (χ0v) is 11.1. The summed E-state index contributed by atoms with van der Waals surface area (Å²) in [5.41, 5.74) is 5.34. The molecule has 0 aliphatic heterocycles. The number of hydrogen-bond donors (Lipinski definition) is 2. The Hall–Kier alpha value is -0.960. The summed E-state index contributed by atoms with van der Waals surface area (Å²) in [6.07, 6.45) is 0. The van der Waals surface area contributed by atoms with Crippen molar-refractivity contribution in [3.8, 4) is 0 Å². The van der Waals surface area contributed by atoms with Gasteiger partial charge in [-0.15, -0.1) is 11.3 Å². The zero-order chi connectivity index (χ0) is 13.1. The molecule has 0 fully saturated rings. The van der Waals surface area contributed by atoms with E-state index in [4.69, 9.17) is 5.73 Å². The molecule has 1 rings (SSSR count). The molecule has 0 aliphatic rings. The molecule has 17 heavy (non-hydrogen) atoms. The van der Waals surface area contributed by atoms with E-state index in [1.54, 1.807) is 6.92 Å². The molecule has 1 aromatic rings. The van der Waals surface area contributed by atoms with Crippen molar-refractivity contribution in [1.29, 1.82) is 0 Å². The second-order valence-electron chi connectivity index (χ2n) is 3.36. The van der Waals surface area contributed by atoms with Gasteiger partial charge in [0, 0.05) is 12.6 Å². The van der Waals surface area contributed by atoms with Gasteiger partial charge in [-0.25, -0.2) is 17.9 Å². The van der Waals surface area contributed by atoms with E-state index in [0.717, 1.165) is 11.3 Å². The lowest BCUT2D eigenvalue weighted by molar-refractivity contribution is 0.0602. The third-order valence-corrected chi connectivity index (χ3v) is 4.65. The van der Waals surface area contributed by atoms with E-state index in [9.17, 15) is 13.2 Å². The van der Waals surface area contributed by atoms with Crippen LogP contribution in [0, 0.1) is 0 Å². The summed E-state index contributed by atoms with van der Waals surface area (Å²) < 4.78 is 30.8. The summed E-state index contributed by atoms with van der Waals surface area (Å²) >= 11 is 1.02. The van der Waals surface area contributed by atoms with E-state index < -0.39 is 22.0 Å². The molecular weight excluding hydrogens is 264 g/mol. The monoisotopic (exact) mass is 278 g/mol. The first-order chi connectivity index (χ1) is 7.92. The fraction of sp³-hybridized carbons (Fsp3) is 0.444. The average molecular weight is 278 g/mol. The minimum Gasteiger partial charge on any atom is -0.465 e. The van der Waals surface area contributed by atoms with E-state index in [1.165, 1.54) is 18.6 Å². The van der Waals surface area contributed by atoms with E-state index in [1.807, 2.05) is 0 Å². The van der Waals surface area contributed by atoms with Crippen LogP contribution in [0.1, 0.15) is 16.6 Å². The van der Waals surface area contributed by atoms with E-state index in [2.05, 4.69) is 9.46 Å². The molecule has 96 valence electrons. The maximum Gasteiger partial charge on any atom is 0.349 e. The Kier molecular flexibility index (Phi) is 4.63. The van der Waals surface area contributed by atoms with Crippen molar-refractivity contribution in [2.24, 2.45) is 5.73 Å². The summed E-state index contributed by atoms with van der Waals surface area (Å²) in [5, 5.41) is 1.52. The van der Waals surface area contributed by atoms with Gasteiger partial charge in [-0.1, -0.05) is 0 Å². The number of rotatable bonds is 5. The molecule has 0 aliphatic carbocycles. The van der Waals surface area contributed by atoms with Gasteiger partial charge in [0.15, 0.2) is 0 Å². The second-order valence-corrected chi connectivity index (χ2v) is 5.96. The highest BCUT2D eigenvalue weighted by Gasteiger charge is 2.25. The number of sulfonamides is 1. The van der Waals surface area contributed by atoms with Crippen LogP contribution in [-0.2, 0) is 14.8 Å². The quantitative estimate of drug-likeness (QED) is 0.748. The lowest BCUT2D eigenvalue weighted by Gasteiger charge is -2.11. The van der Waals surface area contributed by atoms with Crippen molar-refractivity contribution < 1.29 is 17.9 Å². The van der Waals surface area contributed by atoms with Crippen LogP contribution < -0.4 is 10.5 Å². The highest BCUT2D eigenvalue weighted by molar-refractivity contribution is 7.89. The summed E-state index contributed by atoms with van der Waals surface area (Å²) in [6.45, 7) is 1.82. The molecular formula is C9H14N2O4S2. The molecule has 0 spiro atoms. The van der Waals surface area contributed by atoms with Gasteiger partial charge in [-0.3, -0.25) is 0 Å². The maximum atomic E-state index is 11.9. The predicted molar refractivity (Wildman–Crippen MR) is 64.5 cm³/mol. The highest BCUT2D eigenvalue weighted by atomic mass is 32.2. The molecule has 1 heterocycles. The van der Waals surface area contributed by atoms with Crippen LogP contribution >= 0.6 is 11.3 Å². The van der Waals surface area contributed by atoms with Crippen molar-refractivity contribution in [3.05, 3.63) is 16.3 Å². The van der Waals surface area contributed by atoms with Crippen LogP contribution in [0.2, 0.25) is 0 Å². The Morgan fingerprint density at radius 3 is 2.82 bits per heavy atom. The minimum atomic E-state index is -3.73. The van der Waals surface area contributed by atoms with E-state index in [-0.39, 0.29) is 16.3 Å². The molecule has 0 bridgehead atoms. The number of thiophene rings is 1. The number of nitrogens with one attached hydrogen (secondary N) is 1. The molecule has 1 aromatic heterocycles. The van der Waals surface area contributed by atoms with Crippen LogP contribution in [-0.4, -0.2) is 34.1 Å². The Bertz CT molecular complexity index is 495.